The second kappa shape index (κ2) is 9.52. The quantitative estimate of drug-likeness (QED) is 0.721. The van der Waals surface area contributed by atoms with Crippen LogP contribution in [-0.4, -0.2) is 37.6 Å². The Balaban J connectivity index is 1.69. The number of hydrogen-bond donors (Lipinski definition) is 1. The Morgan fingerprint density at radius 2 is 1.84 bits per heavy atom. The zero-order chi connectivity index (χ0) is 22.6. The third-order valence-electron chi connectivity index (χ3n) is 6.13. The summed E-state index contributed by atoms with van der Waals surface area (Å²) in [6.07, 6.45) is 2.23. The van der Waals surface area contributed by atoms with E-state index in [9.17, 15) is 13.2 Å². The van der Waals surface area contributed by atoms with Crippen molar-refractivity contribution in [3.05, 3.63) is 64.7 Å². The molecule has 0 radical (unpaired) electrons. The van der Waals surface area contributed by atoms with Crippen LogP contribution in [-0.2, 0) is 10.0 Å². The van der Waals surface area contributed by atoms with Crippen LogP contribution in [0.4, 0.5) is 5.69 Å². The van der Waals surface area contributed by atoms with Crippen LogP contribution in [0.25, 0.3) is 0 Å². The zero-order valence-electron chi connectivity index (χ0n) is 18.3. The molecule has 1 amide bonds. The van der Waals surface area contributed by atoms with E-state index < -0.39 is 15.3 Å². The maximum atomic E-state index is 13.1. The number of nitrogens with zero attached hydrogens (tertiary/aromatic N) is 2. The number of benzene rings is 2. The third kappa shape index (κ3) is 5.26. The molecule has 1 saturated heterocycles. The van der Waals surface area contributed by atoms with E-state index in [0.29, 0.717) is 42.2 Å². The number of hydrogen-bond acceptors (Lipinski definition) is 4. The SMILES string of the molecule is CCC(C)S(=O)(=O)Nc1cc(C(=O)N2CCC(c3ccc(C#N)cc3)CC2)ccc1C. The number of likely N-dealkylation sites (tertiary alicyclic amines) is 1. The van der Waals surface area contributed by atoms with Crippen LogP contribution in [0.3, 0.4) is 0 Å². The van der Waals surface area contributed by atoms with E-state index >= 15 is 0 Å². The lowest BCUT2D eigenvalue weighted by atomic mass is 9.89. The van der Waals surface area contributed by atoms with Gasteiger partial charge in [-0.2, -0.15) is 5.26 Å². The minimum atomic E-state index is -3.49. The van der Waals surface area contributed by atoms with Crippen LogP contribution in [0.5, 0.6) is 0 Å². The highest BCUT2D eigenvalue weighted by Crippen LogP contribution is 2.29. The molecule has 1 fully saturated rings. The lowest BCUT2D eigenvalue weighted by molar-refractivity contribution is 0.0713. The Morgan fingerprint density at radius 3 is 2.42 bits per heavy atom. The minimum absolute atomic E-state index is 0.0812. The molecule has 31 heavy (non-hydrogen) atoms. The van der Waals surface area contributed by atoms with E-state index in [1.807, 2.05) is 43.0 Å². The minimum Gasteiger partial charge on any atom is -0.339 e. The summed E-state index contributed by atoms with van der Waals surface area (Å²) in [5, 5.41) is 8.44. The first-order valence-electron chi connectivity index (χ1n) is 10.7. The number of carbonyl (C=O) groups excluding carboxylic acids is 1. The standard InChI is InChI=1S/C24H29N3O3S/c1-4-18(3)31(29,30)26-23-15-22(8-5-17(23)2)24(28)27-13-11-21(12-14-27)20-9-6-19(16-25)7-10-20/h5-10,15,18,21,26H,4,11-14H2,1-3H3. The van der Waals surface area contributed by atoms with Gasteiger partial charge < -0.3 is 4.90 Å². The molecule has 2 aromatic carbocycles. The van der Waals surface area contributed by atoms with Gasteiger partial charge in [0.2, 0.25) is 10.0 Å². The van der Waals surface area contributed by atoms with Crippen LogP contribution < -0.4 is 4.72 Å². The molecule has 0 aliphatic carbocycles. The molecule has 2 aromatic rings. The maximum Gasteiger partial charge on any atom is 0.253 e. The second-order valence-electron chi connectivity index (χ2n) is 8.20. The highest BCUT2D eigenvalue weighted by Gasteiger charge is 2.26. The summed E-state index contributed by atoms with van der Waals surface area (Å²) in [7, 11) is -3.49. The first kappa shape index (κ1) is 22.8. The van der Waals surface area contributed by atoms with Gasteiger partial charge in [0, 0.05) is 18.7 Å². The topological polar surface area (TPSA) is 90.3 Å². The molecule has 1 unspecified atom stereocenters. The molecule has 0 aromatic heterocycles. The molecule has 0 spiro atoms. The van der Waals surface area contributed by atoms with E-state index in [-0.39, 0.29) is 5.91 Å². The van der Waals surface area contributed by atoms with Crippen molar-refractivity contribution < 1.29 is 13.2 Å². The van der Waals surface area contributed by atoms with Gasteiger partial charge >= 0.3 is 0 Å². The van der Waals surface area contributed by atoms with Crippen molar-refractivity contribution in [1.29, 1.82) is 5.26 Å². The molecule has 1 heterocycles. The average molecular weight is 440 g/mol. The van der Waals surface area contributed by atoms with Crippen molar-refractivity contribution in [1.82, 2.24) is 4.90 Å². The number of piperidine rings is 1. The summed E-state index contributed by atoms with van der Waals surface area (Å²) in [4.78, 5) is 14.9. The molecule has 0 saturated carbocycles. The predicted molar refractivity (Wildman–Crippen MR) is 123 cm³/mol. The van der Waals surface area contributed by atoms with E-state index in [0.717, 1.165) is 18.4 Å². The highest BCUT2D eigenvalue weighted by atomic mass is 32.2. The fourth-order valence-electron chi connectivity index (χ4n) is 3.77. The molecule has 1 aliphatic heterocycles. The first-order valence-corrected chi connectivity index (χ1v) is 12.2. The number of sulfonamides is 1. The van der Waals surface area contributed by atoms with Crippen molar-refractivity contribution >= 4 is 21.6 Å². The summed E-state index contributed by atoms with van der Waals surface area (Å²) in [5.41, 5.74) is 3.57. The van der Waals surface area contributed by atoms with Gasteiger partial charge in [-0.3, -0.25) is 9.52 Å². The second-order valence-corrected chi connectivity index (χ2v) is 10.3. The Bertz CT molecular complexity index is 1080. The normalized spacial score (nSPS) is 15.9. The van der Waals surface area contributed by atoms with Gasteiger partial charge in [-0.1, -0.05) is 25.1 Å². The molecule has 3 rings (SSSR count). The zero-order valence-corrected chi connectivity index (χ0v) is 19.1. The maximum absolute atomic E-state index is 13.1. The largest absolute Gasteiger partial charge is 0.339 e. The van der Waals surface area contributed by atoms with Crippen molar-refractivity contribution in [3.8, 4) is 6.07 Å². The highest BCUT2D eigenvalue weighted by molar-refractivity contribution is 7.93. The number of nitrogens with one attached hydrogen (secondary N) is 1. The number of rotatable bonds is 6. The van der Waals surface area contributed by atoms with Gasteiger partial charge in [-0.25, -0.2) is 8.42 Å². The summed E-state index contributed by atoms with van der Waals surface area (Å²) < 4.78 is 27.6. The molecule has 1 atom stereocenters. The molecular weight excluding hydrogens is 410 g/mol. The van der Waals surface area contributed by atoms with Crippen LogP contribution in [0.2, 0.25) is 0 Å². The Kier molecular flexibility index (Phi) is 7.01. The lowest BCUT2D eigenvalue weighted by Crippen LogP contribution is -2.38. The number of aryl methyl sites for hydroxylation is 1. The lowest BCUT2D eigenvalue weighted by Gasteiger charge is -2.32. The molecule has 7 heteroatoms. The monoisotopic (exact) mass is 439 g/mol. The van der Waals surface area contributed by atoms with Gasteiger partial charge in [0.1, 0.15) is 0 Å². The van der Waals surface area contributed by atoms with Crippen LogP contribution in [0, 0.1) is 18.3 Å². The summed E-state index contributed by atoms with van der Waals surface area (Å²) in [6, 6.07) is 15.0. The number of anilines is 1. The molecule has 0 bridgehead atoms. The van der Waals surface area contributed by atoms with Gasteiger partial charge in [0.25, 0.3) is 5.91 Å². The smallest absolute Gasteiger partial charge is 0.253 e. The summed E-state index contributed by atoms with van der Waals surface area (Å²) in [5.74, 6) is 0.287. The Labute approximate surface area is 184 Å². The molecule has 1 aliphatic rings. The molecular formula is C24H29N3O3S. The number of amides is 1. The molecule has 1 N–H and O–H groups in total. The molecule has 6 nitrogen and oxygen atoms in total. The fraction of sp³-hybridized carbons (Fsp3) is 0.417. The predicted octanol–water partition coefficient (Wildman–Crippen LogP) is 4.43. The first-order chi connectivity index (χ1) is 14.7. The average Bonchev–Trinajstić information content (AvgIpc) is 2.79. The van der Waals surface area contributed by atoms with Gasteiger partial charge in [-0.05, 0) is 74.4 Å². The Morgan fingerprint density at radius 1 is 1.19 bits per heavy atom. The summed E-state index contributed by atoms with van der Waals surface area (Å²) in [6.45, 7) is 6.62. The number of nitriles is 1. The van der Waals surface area contributed by atoms with Crippen LogP contribution in [0.1, 0.15) is 66.1 Å². The van der Waals surface area contributed by atoms with Gasteiger partial charge in [0.05, 0.1) is 22.6 Å². The van der Waals surface area contributed by atoms with Crippen LogP contribution in [0.15, 0.2) is 42.5 Å². The third-order valence-corrected chi connectivity index (χ3v) is 8.03. The fourth-order valence-corrected chi connectivity index (χ4v) is 4.93. The van der Waals surface area contributed by atoms with E-state index in [2.05, 4.69) is 10.8 Å². The van der Waals surface area contributed by atoms with Crippen molar-refractivity contribution in [3.63, 3.8) is 0 Å². The Hall–Kier alpha value is -2.85. The van der Waals surface area contributed by atoms with Crippen LogP contribution >= 0.6 is 0 Å². The van der Waals surface area contributed by atoms with Gasteiger partial charge in [0.15, 0.2) is 0 Å². The van der Waals surface area contributed by atoms with Crippen molar-refractivity contribution in [2.24, 2.45) is 0 Å². The van der Waals surface area contributed by atoms with Gasteiger partial charge in [-0.15, -0.1) is 0 Å². The van der Waals surface area contributed by atoms with Crippen molar-refractivity contribution in [2.45, 2.75) is 51.2 Å². The number of carbonyl (C=O) groups is 1. The van der Waals surface area contributed by atoms with E-state index in [4.69, 9.17) is 5.26 Å². The summed E-state index contributed by atoms with van der Waals surface area (Å²) >= 11 is 0. The van der Waals surface area contributed by atoms with E-state index in [1.165, 1.54) is 5.56 Å². The van der Waals surface area contributed by atoms with Crippen molar-refractivity contribution in [2.75, 3.05) is 17.8 Å². The molecule has 164 valence electrons. The van der Waals surface area contributed by atoms with E-state index in [1.54, 1.807) is 25.1 Å².